The predicted octanol–water partition coefficient (Wildman–Crippen LogP) is 5.37. The van der Waals surface area contributed by atoms with Gasteiger partial charge in [0.25, 0.3) is 0 Å². The van der Waals surface area contributed by atoms with Gasteiger partial charge < -0.3 is 15.0 Å². The molecule has 2 aromatic heterocycles. The Kier molecular flexibility index (Phi) is 5.81. The Balaban J connectivity index is 1.73. The average Bonchev–Trinajstić information content (AvgIpc) is 3.18. The van der Waals surface area contributed by atoms with E-state index in [0.717, 1.165) is 54.3 Å². The fourth-order valence-electron chi connectivity index (χ4n) is 3.59. The van der Waals surface area contributed by atoms with Crippen molar-refractivity contribution in [3.05, 3.63) is 48.2 Å². The van der Waals surface area contributed by atoms with E-state index in [2.05, 4.69) is 41.0 Å². The summed E-state index contributed by atoms with van der Waals surface area (Å²) in [5.41, 5.74) is 3.26. The van der Waals surface area contributed by atoms with Crippen LogP contribution in [-0.4, -0.2) is 33.1 Å². The second-order valence-corrected chi connectivity index (χ2v) is 8.55. The van der Waals surface area contributed by atoms with Gasteiger partial charge in [-0.2, -0.15) is 0 Å². The highest BCUT2D eigenvalue weighted by molar-refractivity contribution is 5.77. The molecule has 1 atom stereocenters. The molecular weight excluding hydrogens is 381 g/mol. The van der Waals surface area contributed by atoms with Gasteiger partial charge in [0.05, 0.1) is 23.7 Å². The number of hydrogen-bond donors (Lipinski definition) is 2. The van der Waals surface area contributed by atoms with E-state index in [4.69, 9.17) is 9.72 Å². The van der Waals surface area contributed by atoms with Crippen molar-refractivity contribution in [1.82, 2.24) is 19.9 Å². The normalized spacial score (nSPS) is 18.3. The number of benzene rings is 1. The minimum Gasteiger partial charge on any atom is -0.370 e. The molecule has 1 aromatic carbocycles. The molecule has 0 saturated carbocycles. The van der Waals surface area contributed by atoms with Crippen molar-refractivity contribution in [3.63, 3.8) is 0 Å². The first-order valence-electron chi connectivity index (χ1n) is 10.5. The zero-order chi connectivity index (χ0) is 21.1. The lowest BCUT2D eigenvalue weighted by molar-refractivity contribution is -0.0533. The van der Waals surface area contributed by atoms with Gasteiger partial charge in [0.2, 0.25) is 5.95 Å². The first kappa shape index (κ1) is 20.5. The van der Waals surface area contributed by atoms with Crippen molar-refractivity contribution in [2.75, 3.05) is 18.5 Å². The van der Waals surface area contributed by atoms with Crippen LogP contribution in [0.1, 0.15) is 52.0 Å². The molecule has 1 aliphatic rings. The SMILES string of the molecule is CCCNc1nccc(-c2[nH]c(C3CCC(C)(C)CO3)nc2-c2ccc(F)cc2)n1. The minimum atomic E-state index is -0.276. The topological polar surface area (TPSA) is 75.7 Å². The van der Waals surface area contributed by atoms with Gasteiger partial charge in [-0.15, -0.1) is 0 Å². The van der Waals surface area contributed by atoms with Gasteiger partial charge in [-0.25, -0.2) is 19.3 Å². The Labute approximate surface area is 176 Å². The summed E-state index contributed by atoms with van der Waals surface area (Å²) in [6.07, 6.45) is 4.59. The maximum atomic E-state index is 13.5. The fraction of sp³-hybridized carbons (Fsp3) is 0.435. The van der Waals surface area contributed by atoms with E-state index in [1.165, 1.54) is 12.1 Å². The lowest BCUT2D eigenvalue weighted by atomic mass is 9.85. The molecule has 0 bridgehead atoms. The number of hydrogen-bond acceptors (Lipinski definition) is 5. The Morgan fingerprint density at radius 3 is 2.70 bits per heavy atom. The van der Waals surface area contributed by atoms with Crippen LogP contribution in [0.15, 0.2) is 36.5 Å². The van der Waals surface area contributed by atoms with Crippen LogP contribution in [0.5, 0.6) is 0 Å². The number of aromatic nitrogens is 4. The van der Waals surface area contributed by atoms with E-state index in [1.54, 1.807) is 18.3 Å². The summed E-state index contributed by atoms with van der Waals surface area (Å²) in [5, 5.41) is 3.22. The third-order valence-electron chi connectivity index (χ3n) is 5.35. The highest BCUT2D eigenvalue weighted by Gasteiger charge is 2.31. The van der Waals surface area contributed by atoms with Gasteiger partial charge in [-0.05, 0) is 55.0 Å². The maximum absolute atomic E-state index is 13.5. The highest BCUT2D eigenvalue weighted by atomic mass is 19.1. The molecule has 7 heteroatoms. The van der Waals surface area contributed by atoms with Crippen molar-refractivity contribution >= 4 is 5.95 Å². The lowest BCUT2D eigenvalue weighted by Gasteiger charge is -2.33. The van der Waals surface area contributed by atoms with Crippen LogP contribution < -0.4 is 5.32 Å². The monoisotopic (exact) mass is 409 g/mol. The van der Waals surface area contributed by atoms with Crippen LogP contribution in [0.25, 0.3) is 22.6 Å². The van der Waals surface area contributed by atoms with E-state index in [1.807, 2.05) is 6.07 Å². The number of halogens is 1. The summed E-state index contributed by atoms with van der Waals surface area (Å²) < 4.78 is 19.6. The standard InChI is InChI=1S/C23H28FN5O/c1-4-12-25-22-26-13-10-17(27-22)20-19(15-5-7-16(24)8-6-15)28-21(29-20)18-9-11-23(2,3)14-30-18/h5-8,10,13,18H,4,9,11-12,14H2,1-3H3,(H,28,29)(H,25,26,27). The third-order valence-corrected chi connectivity index (χ3v) is 5.35. The van der Waals surface area contributed by atoms with Gasteiger partial charge in [-0.1, -0.05) is 20.8 Å². The van der Waals surface area contributed by atoms with Crippen molar-refractivity contribution in [2.45, 2.75) is 46.1 Å². The number of nitrogens with one attached hydrogen (secondary N) is 2. The van der Waals surface area contributed by atoms with Crippen molar-refractivity contribution < 1.29 is 9.13 Å². The lowest BCUT2D eigenvalue weighted by Crippen LogP contribution is -2.27. The Morgan fingerprint density at radius 1 is 1.20 bits per heavy atom. The van der Waals surface area contributed by atoms with Crippen LogP contribution in [0.2, 0.25) is 0 Å². The van der Waals surface area contributed by atoms with Gasteiger partial charge in [0.1, 0.15) is 17.7 Å². The number of H-pyrrole nitrogens is 1. The number of ether oxygens (including phenoxy) is 1. The van der Waals surface area contributed by atoms with Gasteiger partial charge >= 0.3 is 0 Å². The quantitative estimate of drug-likeness (QED) is 0.572. The molecule has 6 nitrogen and oxygen atoms in total. The molecule has 1 aliphatic heterocycles. The molecule has 4 rings (SSSR count). The number of imidazole rings is 1. The van der Waals surface area contributed by atoms with E-state index >= 15 is 0 Å². The summed E-state index contributed by atoms with van der Waals surface area (Å²) in [7, 11) is 0. The molecular formula is C23H28FN5O. The number of aromatic amines is 1. The van der Waals surface area contributed by atoms with Crippen LogP contribution in [-0.2, 0) is 4.74 Å². The number of rotatable bonds is 6. The van der Waals surface area contributed by atoms with Crippen molar-refractivity contribution in [1.29, 1.82) is 0 Å². The zero-order valence-corrected chi connectivity index (χ0v) is 17.7. The van der Waals surface area contributed by atoms with Gasteiger partial charge in [0, 0.05) is 18.3 Å². The summed E-state index contributed by atoms with van der Waals surface area (Å²) in [4.78, 5) is 17.3. The summed E-state index contributed by atoms with van der Waals surface area (Å²) in [5.74, 6) is 1.08. The van der Waals surface area contributed by atoms with Crippen LogP contribution in [0, 0.1) is 11.2 Å². The molecule has 2 N–H and O–H groups in total. The molecule has 0 amide bonds. The van der Waals surface area contributed by atoms with Gasteiger partial charge in [0.15, 0.2) is 0 Å². The first-order valence-corrected chi connectivity index (χ1v) is 10.5. The van der Waals surface area contributed by atoms with E-state index in [-0.39, 0.29) is 17.3 Å². The Morgan fingerprint density at radius 2 is 2.00 bits per heavy atom. The summed E-state index contributed by atoms with van der Waals surface area (Å²) >= 11 is 0. The fourth-order valence-corrected chi connectivity index (χ4v) is 3.59. The number of anilines is 1. The zero-order valence-electron chi connectivity index (χ0n) is 17.7. The molecule has 0 radical (unpaired) electrons. The third kappa shape index (κ3) is 4.51. The molecule has 0 aliphatic carbocycles. The smallest absolute Gasteiger partial charge is 0.223 e. The highest BCUT2D eigenvalue weighted by Crippen LogP contribution is 2.38. The van der Waals surface area contributed by atoms with Crippen molar-refractivity contribution in [2.24, 2.45) is 5.41 Å². The maximum Gasteiger partial charge on any atom is 0.223 e. The van der Waals surface area contributed by atoms with Crippen LogP contribution >= 0.6 is 0 Å². The van der Waals surface area contributed by atoms with Crippen LogP contribution in [0.3, 0.4) is 0 Å². The molecule has 1 fully saturated rings. The van der Waals surface area contributed by atoms with Crippen molar-refractivity contribution in [3.8, 4) is 22.6 Å². The number of nitrogens with zero attached hydrogens (tertiary/aromatic N) is 3. The molecule has 1 saturated heterocycles. The molecule has 158 valence electrons. The second kappa shape index (κ2) is 8.52. The second-order valence-electron chi connectivity index (χ2n) is 8.55. The molecule has 1 unspecified atom stereocenters. The largest absolute Gasteiger partial charge is 0.370 e. The molecule has 30 heavy (non-hydrogen) atoms. The Bertz CT molecular complexity index is 989. The minimum absolute atomic E-state index is 0.0921. The van der Waals surface area contributed by atoms with Gasteiger partial charge in [-0.3, -0.25) is 0 Å². The van der Waals surface area contributed by atoms with E-state index in [0.29, 0.717) is 12.6 Å². The Hall–Kier alpha value is -2.80. The predicted molar refractivity (Wildman–Crippen MR) is 115 cm³/mol. The molecule has 3 aromatic rings. The molecule has 3 heterocycles. The van der Waals surface area contributed by atoms with E-state index in [9.17, 15) is 4.39 Å². The van der Waals surface area contributed by atoms with E-state index < -0.39 is 0 Å². The summed E-state index contributed by atoms with van der Waals surface area (Å²) in [6, 6.07) is 8.22. The van der Waals surface area contributed by atoms with Crippen LogP contribution in [0.4, 0.5) is 10.3 Å². The molecule has 0 spiro atoms. The average molecular weight is 410 g/mol. The summed E-state index contributed by atoms with van der Waals surface area (Å²) in [6.45, 7) is 8.02. The first-order chi connectivity index (χ1) is 14.4.